The molecule has 5 nitrogen and oxygen atoms in total. The van der Waals surface area contributed by atoms with Gasteiger partial charge in [-0.25, -0.2) is 9.36 Å². The molecule has 0 saturated carbocycles. The van der Waals surface area contributed by atoms with Gasteiger partial charge in [0, 0.05) is 16.8 Å². The molecule has 0 radical (unpaired) electrons. The Hall–Kier alpha value is -2.57. The second-order valence-electron chi connectivity index (χ2n) is 4.80. The van der Waals surface area contributed by atoms with Gasteiger partial charge in [-0.1, -0.05) is 29.8 Å². The Morgan fingerprint density at radius 1 is 1.09 bits per heavy atom. The molecule has 0 amide bonds. The zero-order valence-electron chi connectivity index (χ0n) is 11.9. The highest BCUT2D eigenvalue weighted by molar-refractivity contribution is 7.80. The van der Waals surface area contributed by atoms with Gasteiger partial charge in [0.25, 0.3) is 5.56 Å². The van der Waals surface area contributed by atoms with E-state index in [0.29, 0.717) is 10.7 Å². The van der Waals surface area contributed by atoms with Crippen molar-refractivity contribution in [1.29, 1.82) is 0 Å². The first-order valence-electron chi connectivity index (χ1n) is 6.79. The average Bonchev–Trinajstić information content (AvgIpc) is 2.85. The van der Waals surface area contributed by atoms with Gasteiger partial charge in [-0.3, -0.25) is 4.79 Å². The number of hydrogen-bond donors (Lipinski definition) is 2. The van der Waals surface area contributed by atoms with Crippen molar-refractivity contribution in [2.24, 2.45) is 0 Å². The predicted octanol–water partition coefficient (Wildman–Crippen LogP) is 3.12. The van der Waals surface area contributed by atoms with Crippen LogP contribution in [0.3, 0.4) is 0 Å². The van der Waals surface area contributed by atoms with Crippen molar-refractivity contribution in [1.82, 2.24) is 9.36 Å². The van der Waals surface area contributed by atoms with E-state index in [9.17, 15) is 4.79 Å². The Bertz CT molecular complexity index is 900. The van der Waals surface area contributed by atoms with Crippen LogP contribution in [0.4, 0.5) is 11.5 Å². The Kier molecular flexibility index (Phi) is 4.18. The van der Waals surface area contributed by atoms with Gasteiger partial charge in [-0.2, -0.15) is 0 Å². The largest absolute Gasteiger partial charge is 0.383 e. The number of benzene rings is 2. The van der Waals surface area contributed by atoms with Gasteiger partial charge < -0.3 is 11.1 Å². The van der Waals surface area contributed by atoms with E-state index < -0.39 is 0 Å². The molecule has 0 aliphatic rings. The summed E-state index contributed by atoms with van der Waals surface area (Å²) in [5, 5.41) is 3.96. The van der Waals surface area contributed by atoms with Crippen molar-refractivity contribution >= 4 is 40.4 Å². The van der Waals surface area contributed by atoms with Gasteiger partial charge in [0.05, 0.1) is 5.69 Å². The molecule has 2 aromatic carbocycles. The summed E-state index contributed by atoms with van der Waals surface area (Å²) >= 11 is 11.3. The number of nitrogens with two attached hydrogens (primary N) is 1. The zero-order valence-corrected chi connectivity index (χ0v) is 13.5. The summed E-state index contributed by atoms with van der Waals surface area (Å²) in [6.45, 7) is 0. The van der Waals surface area contributed by atoms with Crippen molar-refractivity contribution in [2.75, 3.05) is 11.1 Å². The lowest BCUT2D eigenvalue weighted by Crippen LogP contribution is -2.30. The van der Waals surface area contributed by atoms with E-state index in [1.54, 1.807) is 24.3 Å². The average molecular weight is 345 g/mol. The molecule has 116 valence electrons. The highest BCUT2D eigenvalue weighted by atomic mass is 35.5. The molecule has 0 unspecified atom stereocenters. The fourth-order valence-corrected chi connectivity index (χ4v) is 2.62. The van der Waals surface area contributed by atoms with Crippen molar-refractivity contribution in [3.8, 4) is 5.69 Å². The lowest BCUT2D eigenvalue weighted by atomic mass is 10.3. The third-order valence-corrected chi connectivity index (χ3v) is 3.74. The highest BCUT2D eigenvalue weighted by Gasteiger charge is 2.14. The van der Waals surface area contributed by atoms with Crippen LogP contribution in [-0.2, 0) is 0 Å². The van der Waals surface area contributed by atoms with Crippen LogP contribution >= 0.6 is 23.8 Å². The Balaban J connectivity index is 2.01. The topological polar surface area (TPSA) is 65.0 Å². The van der Waals surface area contributed by atoms with Gasteiger partial charge in [0.1, 0.15) is 5.82 Å². The molecule has 3 rings (SSSR count). The smallest absolute Gasteiger partial charge is 0.273 e. The summed E-state index contributed by atoms with van der Waals surface area (Å²) in [4.78, 5) is 12.2. The number of aromatic nitrogens is 2. The number of hydrogen-bond acceptors (Lipinski definition) is 3. The summed E-state index contributed by atoms with van der Waals surface area (Å²) in [5.41, 5.74) is 7.12. The number of thiocarbonyl (C=S) groups is 1. The van der Waals surface area contributed by atoms with Crippen LogP contribution in [0.25, 0.3) is 5.69 Å². The van der Waals surface area contributed by atoms with Crippen LogP contribution in [0.1, 0.15) is 0 Å². The van der Waals surface area contributed by atoms with Gasteiger partial charge >= 0.3 is 0 Å². The van der Waals surface area contributed by atoms with Crippen LogP contribution in [0.2, 0.25) is 5.02 Å². The number of nitrogen functional groups attached to an aromatic ring is 1. The molecule has 0 bridgehead atoms. The molecule has 1 heterocycles. The molecule has 0 aliphatic heterocycles. The Labute approximate surface area is 142 Å². The van der Waals surface area contributed by atoms with Crippen molar-refractivity contribution in [3.05, 3.63) is 76.0 Å². The fraction of sp³-hybridized carbons (Fsp3) is 0. The number of rotatable bonds is 2. The lowest BCUT2D eigenvalue weighted by molar-refractivity contribution is 0.771. The first-order valence-corrected chi connectivity index (χ1v) is 7.58. The Morgan fingerprint density at radius 2 is 1.74 bits per heavy atom. The number of para-hydroxylation sites is 1. The van der Waals surface area contributed by atoms with Crippen LogP contribution in [0.5, 0.6) is 0 Å². The van der Waals surface area contributed by atoms with E-state index in [2.05, 4.69) is 5.32 Å². The van der Waals surface area contributed by atoms with E-state index >= 15 is 0 Å². The van der Waals surface area contributed by atoms with E-state index in [4.69, 9.17) is 29.6 Å². The molecule has 0 fully saturated rings. The maximum Gasteiger partial charge on any atom is 0.273 e. The SMILES string of the molecule is Nc1cc(=O)n(-c2ccccc2)n1C(=S)Nc1ccc(Cl)cc1. The van der Waals surface area contributed by atoms with E-state index in [0.717, 1.165) is 5.69 Å². The first-order chi connectivity index (χ1) is 11.1. The van der Waals surface area contributed by atoms with Gasteiger partial charge in [-0.15, -0.1) is 0 Å². The second-order valence-corrected chi connectivity index (χ2v) is 5.63. The normalized spacial score (nSPS) is 10.5. The summed E-state index contributed by atoms with van der Waals surface area (Å²) in [7, 11) is 0. The standard InChI is InChI=1S/C16H13ClN4OS/c17-11-6-8-12(9-7-11)19-16(23)21-14(18)10-15(22)20(21)13-4-2-1-3-5-13/h1-10H,18H2,(H,19,23). The molecule has 3 N–H and O–H groups in total. The number of halogens is 1. The van der Waals surface area contributed by atoms with Crippen molar-refractivity contribution < 1.29 is 0 Å². The van der Waals surface area contributed by atoms with E-state index in [1.165, 1.54) is 15.4 Å². The van der Waals surface area contributed by atoms with E-state index in [1.807, 2.05) is 30.3 Å². The van der Waals surface area contributed by atoms with Gasteiger partial charge in [-0.05, 0) is 48.6 Å². The van der Waals surface area contributed by atoms with Crippen LogP contribution in [-0.4, -0.2) is 14.5 Å². The lowest BCUT2D eigenvalue weighted by Gasteiger charge is -2.15. The minimum Gasteiger partial charge on any atom is -0.383 e. The third-order valence-electron chi connectivity index (χ3n) is 3.21. The van der Waals surface area contributed by atoms with Crippen molar-refractivity contribution in [3.63, 3.8) is 0 Å². The quantitative estimate of drug-likeness (QED) is 0.701. The molecule has 0 aliphatic carbocycles. The molecule has 3 aromatic rings. The predicted molar refractivity (Wildman–Crippen MR) is 97.5 cm³/mol. The maximum atomic E-state index is 12.2. The minimum atomic E-state index is -0.256. The molecule has 0 spiro atoms. The zero-order chi connectivity index (χ0) is 16.4. The van der Waals surface area contributed by atoms with Crippen LogP contribution in [0.15, 0.2) is 65.5 Å². The second kappa shape index (κ2) is 6.28. The molecular weight excluding hydrogens is 332 g/mol. The van der Waals surface area contributed by atoms with Crippen LogP contribution in [0, 0.1) is 0 Å². The molecular formula is C16H13ClN4OS. The summed E-state index contributed by atoms with van der Waals surface area (Å²) in [6.07, 6.45) is 0. The number of nitrogens with one attached hydrogen (secondary N) is 1. The maximum absolute atomic E-state index is 12.2. The monoisotopic (exact) mass is 344 g/mol. The van der Waals surface area contributed by atoms with Gasteiger partial charge in [0.2, 0.25) is 0 Å². The fourth-order valence-electron chi connectivity index (χ4n) is 2.19. The molecule has 7 heteroatoms. The summed E-state index contributed by atoms with van der Waals surface area (Å²) in [6, 6.07) is 17.6. The molecule has 23 heavy (non-hydrogen) atoms. The van der Waals surface area contributed by atoms with Gasteiger partial charge in [0.15, 0.2) is 5.11 Å². The van der Waals surface area contributed by atoms with E-state index in [-0.39, 0.29) is 16.5 Å². The van der Waals surface area contributed by atoms with Crippen molar-refractivity contribution in [2.45, 2.75) is 0 Å². The third kappa shape index (κ3) is 3.13. The molecule has 0 atom stereocenters. The Morgan fingerprint density at radius 3 is 2.39 bits per heavy atom. The summed E-state index contributed by atoms with van der Waals surface area (Å²) < 4.78 is 2.88. The summed E-state index contributed by atoms with van der Waals surface area (Å²) in [5.74, 6) is 0.255. The first kappa shape index (κ1) is 15.3. The number of nitrogens with zero attached hydrogens (tertiary/aromatic N) is 2. The highest BCUT2D eigenvalue weighted by Crippen LogP contribution is 2.15. The van der Waals surface area contributed by atoms with Crippen LogP contribution < -0.4 is 16.6 Å². The molecule has 1 aromatic heterocycles. The minimum absolute atomic E-state index is 0.255. The number of anilines is 2. The molecule has 0 saturated heterocycles.